The molecule has 8 nitrogen and oxygen atoms in total. The number of rotatable bonds is 0. The zero-order valence-corrected chi connectivity index (χ0v) is 14.8. The molecule has 8 heteroatoms. The van der Waals surface area contributed by atoms with E-state index in [4.69, 9.17) is 0 Å². The molecule has 0 saturated carbocycles. The molecule has 0 aromatic carbocycles. The molecular weight excluding hydrogens is 304 g/mol. The van der Waals surface area contributed by atoms with Crippen molar-refractivity contribution in [2.45, 2.75) is 41.5 Å². The number of fused-ring (bicyclic) bond motifs is 2. The zero-order valence-electron chi connectivity index (χ0n) is 14.8. The third kappa shape index (κ3) is 4.09. The van der Waals surface area contributed by atoms with Crippen LogP contribution in [0, 0.1) is 27.7 Å². The SMILES string of the molecule is CC.Cc1ncc2[nH]c(C)nc2n1.Cc1ncc2[nH]c(C)nc2n1. The lowest BCUT2D eigenvalue weighted by atomic mass is 10.5. The van der Waals surface area contributed by atoms with Gasteiger partial charge in [0.15, 0.2) is 11.3 Å². The van der Waals surface area contributed by atoms with Crippen molar-refractivity contribution < 1.29 is 0 Å². The number of nitrogens with zero attached hydrogens (tertiary/aromatic N) is 6. The molecule has 126 valence electrons. The van der Waals surface area contributed by atoms with Gasteiger partial charge in [0.1, 0.15) is 34.3 Å². The molecule has 0 aliphatic carbocycles. The third-order valence-electron chi connectivity index (χ3n) is 2.96. The second-order valence-corrected chi connectivity index (χ2v) is 4.95. The van der Waals surface area contributed by atoms with Crippen molar-refractivity contribution in [2.24, 2.45) is 0 Å². The normalized spacial score (nSPS) is 10.1. The zero-order chi connectivity index (χ0) is 17.7. The molecule has 0 radical (unpaired) electrons. The highest BCUT2D eigenvalue weighted by molar-refractivity contribution is 5.69. The van der Waals surface area contributed by atoms with Gasteiger partial charge in [0.25, 0.3) is 0 Å². The molecule has 0 amide bonds. The van der Waals surface area contributed by atoms with Crippen LogP contribution in [0.15, 0.2) is 12.4 Å². The Labute approximate surface area is 140 Å². The highest BCUT2D eigenvalue weighted by Crippen LogP contribution is 2.06. The van der Waals surface area contributed by atoms with Crippen LogP contribution < -0.4 is 0 Å². The van der Waals surface area contributed by atoms with Crippen molar-refractivity contribution in [1.29, 1.82) is 0 Å². The van der Waals surface area contributed by atoms with E-state index in [-0.39, 0.29) is 0 Å². The van der Waals surface area contributed by atoms with Gasteiger partial charge in [-0.1, -0.05) is 13.8 Å². The van der Waals surface area contributed by atoms with Crippen LogP contribution in [0.25, 0.3) is 22.3 Å². The number of aryl methyl sites for hydroxylation is 4. The van der Waals surface area contributed by atoms with Gasteiger partial charge in [0, 0.05) is 0 Å². The summed E-state index contributed by atoms with van der Waals surface area (Å²) in [6, 6.07) is 0. The first kappa shape index (κ1) is 17.5. The smallest absolute Gasteiger partial charge is 0.181 e. The fraction of sp³-hybridized carbons (Fsp3) is 0.375. The van der Waals surface area contributed by atoms with Crippen LogP contribution in [0.1, 0.15) is 37.1 Å². The van der Waals surface area contributed by atoms with Crippen LogP contribution in [0.3, 0.4) is 0 Å². The molecule has 4 aromatic rings. The quantitative estimate of drug-likeness (QED) is 0.514. The van der Waals surface area contributed by atoms with Crippen LogP contribution >= 0.6 is 0 Å². The van der Waals surface area contributed by atoms with Crippen molar-refractivity contribution in [3.05, 3.63) is 35.7 Å². The fourth-order valence-corrected chi connectivity index (χ4v) is 2.03. The predicted octanol–water partition coefficient (Wildman–Crippen LogP) is 2.97. The Kier molecular flexibility index (Phi) is 5.51. The van der Waals surface area contributed by atoms with Gasteiger partial charge >= 0.3 is 0 Å². The Morgan fingerprint density at radius 3 is 1.38 bits per heavy atom. The maximum Gasteiger partial charge on any atom is 0.181 e. The highest BCUT2D eigenvalue weighted by Gasteiger charge is 2.00. The van der Waals surface area contributed by atoms with Crippen LogP contribution in [-0.2, 0) is 0 Å². The average molecular weight is 326 g/mol. The summed E-state index contributed by atoms with van der Waals surface area (Å²) in [4.78, 5) is 30.8. The van der Waals surface area contributed by atoms with E-state index in [0.29, 0.717) is 0 Å². The third-order valence-corrected chi connectivity index (χ3v) is 2.96. The summed E-state index contributed by atoms with van der Waals surface area (Å²) in [7, 11) is 0. The van der Waals surface area contributed by atoms with Crippen LogP contribution in [0.2, 0.25) is 0 Å². The molecule has 0 fully saturated rings. The Morgan fingerprint density at radius 1 is 0.625 bits per heavy atom. The molecule has 4 rings (SSSR count). The number of H-pyrrole nitrogens is 2. The molecule has 4 heterocycles. The highest BCUT2D eigenvalue weighted by atomic mass is 15.0. The van der Waals surface area contributed by atoms with E-state index in [2.05, 4.69) is 39.9 Å². The van der Waals surface area contributed by atoms with Crippen molar-refractivity contribution in [2.75, 3.05) is 0 Å². The van der Waals surface area contributed by atoms with E-state index in [1.165, 1.54) is 0 Å². The predicted molar refractivity (Wildman–Crippen MR) is 93.7 cm³/mol. The van der Waals surface area contributed by atoms with Gasteiger partial charge < -0.3 is 9.97 Å². The number of imidazole rings is 2. The Balaban J connectivity index is 0.000000158. The van der Waals surface area contributed by atoms with Crippen LogP contribution in [0.5, 0.6) is 0 Å². The Bertz CT molecular complexity index is 860. The number of hydrogen-bond acceptors (Lipinski definition) is 6. The van der Waals surface area contributed by atoms with Crippen molar-refractivity contribution in [3.8, 4) is 0 Å². The minimum atomic E-state index is 0.745. The van der Waals surface area contributed by atoms with E-state index >= 15 is 0 Å². The lowest BCUT2D eigenvalue weighted by molar-refractivity contribution is 1.08. The molecule has 0 unspecified atom stereocenters. The first-order valence-electron chi connectivity index (χ1n) is 7.83. The van der Waals surface area contributed by atoms with Crippen molar-refractivity contribution in [1.82, 2.24) is 39.9 Å². The van der Waals surface area contributed by atoms with E-state index in [1.54, 1.807) is 12.4 Å². The number of hydrogen-bond donors (Lipinski definition) is 2. The second-order valence-electron chi connectivity index (χ2n) is 4.95. The molecule has 0 aliphatic heterocycles. The van der Waals surface area contributed by atoms with Crippen LogP contribution in [-0.4, -0.2) is 39.9 Å². The fourth-order valence-electron chi connectivity index (χ4n) is 2.03. The minimum Gasteiger partial charge on any atom is -0.340 e. The molecule has 24 heavy (non-hydrogen) atoms. The number of nitrogens with one attached hydrogen (secondary N) is 2. The summed E-state index contributed by atoms with van der Waals surface area (Å²) in [6.45, 7) is 11.5. The average Bonchev–Trinajstić information content (AvgIpc) is 3.09. The van der Waals surface area contributed by atoms with Crippen molar-refractivity contribution in [3.63, 3.8) is 0 Å². The van der Waals surface area contributed by atoms with Gasteiger partial charge in [0.2, 0.25) is 0 Å². The van der Waals surface area contributed by atoms with Gasteiger partial charge in [-0.25, -0.2) is 29.9 Å². The first-order chi connectivity index (χ1) is 11.5. The van der Waals surface area contributed by atoms with Crippen molar-refractivity contribution >= 4 is 22.3 Å². The number of aromatic nitrogens is 8. The molecular formula is C16H22N8. The lowest BCUT2D eigenvalue weighted by Crippen LogP contribution is -1.85. The Morgan fingerprint density at radius 2 is 1.00 bits per heavy atom. The molecule has 0 saturated heterocycles. The summed E-state index contributed by atoms with van der Waals surface area (Å²) in [5, 5.41) is 0. The summed E-state index contributed by atoms with van der Waals surface area (Å²) in [5.41, 5.74) is 3.28. The topological polar surface area (TPSA) is 109 Å². The molecule has 0 spiro atoms. The molecule has 0 bridgehead atoms. The summed E-state index contributed by atoms with van der Waals surface area (Å²) in [5.74, 6) is 3.26. The maximum atomic E-state index is 4.17. The minimum absolute atomic E-state index is 0.745. The Hall–Kier alpha value is -2.90. The molecule has 0 atom stereocenters. The van der Waals surface area contributed by atoms with E-state index in [1.807, 2.05) is 41.5 Å². The largest absolute Gasteiger partial charge is 0.340 e. The second kappa shape index (κ2) is 7.58. The van der Waals surface area contributed by atoms with Gasteiger partial charge in [0.05, 0.1) is 12.4 Å². The maximum absolute atomic E-state index is 4.17. The number of aromatic amines is 2. The van der Waals surface area contributed by atoms with Gasteiger partial charge in [-0.15, -0.1) is 0 Å². The van der Waals surface area contributed by atoms with Gasteiger partial charge in [-0.3, -0.25) is 0 Å². The summed E-state index contributed by atoms with van der Waals surface area (Å²) >= 11 is 0. The van der Waals surface area contributed by atoms with E-state index in [9.17, 15) is 0 Å². The standard InChI is InChI=1S/2C7H8N4.C2H6/c2*1-4-8-3-6-7(10-4)11-5(2)9-6;1-2/h2*3H,1-2H3,(H,8,9,10,11);1-2H3. The summed E-state index contributed by atoms with van der Waals surface area (Å²) in [6.07, 6.45) is 3.50. The molecule has 4 aromatic heterocycles. The summed E-state index contributed by atoms with van der Waals surface area (Å²) < 4.78 is 0. The van der Waals surface area contributed by atoms with Gasteiger partial charge in [-0.05, 0) is 27.7 Å². The molecule has 0 aliphatic rings. The van der Waals surface area contributed by atoms with E-state index in [0.717, 1.165) is 45.6 Å². The van der Waals surface area contributed by atoms with E-state index < -0.39 is 0 Å². The molecule has 2 N–H and O–H groups in total. The first-order valence-corrected chi connectivity index (χ1v) is 7.83. The van der Waals surface area contributed by atoms with Crippen LogP contribution in [0.4, 0.5) is 0 Å². The lowest BCUT2D eigenvalue weighted by Gasteiger charge is -1.87. The van der Waals surface area contributed by atoms with Gasteiger partial charge in [-0.2, -0.15) is 0 Å². The monoisotopic (exact) mass is 326 g/mol.